The summed E-state index contributed by atoms with van der Waals surface area (Å²) < 4.78 is 55.1. The number of methoxy groups -OCH3 is 1. The van der Waals surface area contributed by atoms with E-state index in [4.69, 9.17) is 9.47 Å². The topological polar surface area (TPSA) is 60.8 Å². The van der Waals surface area contributed by atoms with Gasteiger partial charge in [0.15, 0.2) is 11.6 Å². The quantitative estimate of drug-likeness (QED) is 0.509. The Morgan fingerprint density at radius 3 is 2.53 bits per heavy atom. The summed E-state index contributed by atoms with van der Waals surface area (Å²) >= 11 is 0. The van der Waals surface area contributed by atoms with Crippen molar-refractivity contribution in [2.45, 2.75) is 50.7 Å². The highest BCUT2D eigenvalue weighted by Crippen LogP contribution is 2.38. The molecule has 0 spiro atoms. The number of fused-ring (bicyclic) bond motifs is 1. The van der Waals surface area contributed by atoms with Gasteiger partial charge in [0.25, 0.3) is 0 Å². The molecule has 1 aromatic heterocycles. The van der Waals surface area contributed by atoms with E-state index in [-0.39, 0.29) is 22.7 Å². The van der Waals surface area contributed by atoms with E-state index >= 15 is 0 Å². The highest BCUT2D eigenvalue weighted by atomic mass is 32.2. The van der Waals surface area contributed by atoms with Gasteiger partial charge in [0.1, 0.15) is 5.75 Å². The van der Waals surface area contributed by atoms with Gasteiger partial charge in [-0.1, -0.05) is 0 Å². The summed E-state index contributed by atoms with van der Waals surface area (Å²) in [6, 6.07) is 9.78. The number of hydrogen-bond donors (Lipinski definition) is 0. The molecule has 0 saturated carbocycles. The first-order valence-corrected chi connectivity index (χ1v) is 12.3. The van der Waals surface area contributed by atoms with Crippen molar-refractivity contribution in [3.05, 3.63) is 54.0 Å². The zero-order valence-electron chi connectivity index (χ0n) is 18.8. The van der Waals surface area contributed by atoms with Crippen LogP contribution >= 0.6 is 0 Å². The first-order valence-electron chi connectivity index (χ1n) is 10.9. The minimum Gasteiger partial charge on any atom is -0.494 e. The molecule has 0 amide bonds. The lowest BCUT2D eigenvalue weighted by Crippen LogP contribution is -2.28. The number of nitrogens with zero attached hydrogens (tertiary/aromatic N) is 2. The SMILES string of the molecule is CCn1cc(C2CCN(S(=O)(=O)c3ccc(OC(C)C)cc3)C2)c2cc(OC)c(F)cc21. The van der Waals surface area contributed by atoms with Crippen LogP contribution in [0.1, 0.15) is 38.7 Å². The molecule has 0 N–H and O–H groups in total. The Labute approximate surface area is 188 Å². The molecule has 8 heteroatoms. The third-order valence-corrected chi connectivity index (χ3v) is 7.83. The number of sulfonamides is 1. The van der Waals surface area contributed by atoms with Crippen LogP contribution in [-0.4, -0.2) is 43.6 Å². The summed E-state index contributed by atoms with van der Waals surface area (Å²) in [5.41, 5.74) is 1.82. The molecule has 0 radical (unpaired) electrons. The number of ether oxygens (including phenoxy) is 2. The molecule has 1 atom stereocenters. The molecule has 0 aliphatic carbocycles. The van der Waals surface area contributed by atoms with Gasteiger partial charge in [-0.15, -0.1) is 0 Å². The molecule has 4 rings (SSSR count). The Hall–Kier alpha value is -2.58. The number of benzene rings is 2. The minimum atomic E-state index is -3.61. The van der Waals surface area contributed by atoms with Crippen LogP contribution in [0.3, 0.4) is 0 Å². The number of rotatable bonds is 7. The molecule has 2 heterocycles. The molecule has 3 aromatic rings. The van der Waals surface area contributed by atoms with Crippen molar-refractivity contribution >= 4 is 20.9 Å². The lowest BCUT2D eigenvalue weighted by Gasteiger charge is -2.17. The van der Waals surface area contributed by atoms with Crippen LogP contribution in [-0.2, 0) is 16.6 Å². The second-order valence-electron chi connectivity index (χ2n) is 8.36. The molecule has 1 unspecified atom stereocenters. The van der Waals surface area contributed by atoms with Gasteiger partial charge in [0.2, 0.25) is 10.0 Å². The summed E-state index contributed by atoms with van der Waals surface area (Å²) in [6.45, 7) is 7.37. The largest absolute Gasteiger partial charge is 0.494 e. The van der Waals surface area contributed by atoms with Gasteiger partial charge in [-0.05, 0) is 63.1 Å². The summed E-state index contributed by atoms with van der Waals surface area (Å²) in [5.74, 6) is 0.462. The van der Waals surface area contributed by atoms with Gasteiger partial charge >= 0.3 is 0 Å². The van der Waals surface area contributed by atoms with Gasteiger partial charge in [0, 0.05) is 43.2 Å². The Morgan fingerprint density at radius 1 is 1.19 bits per heavy atom. The third kappa shape index (κ3) is 4.09. The second kappa shape index (κ2) is 8.75. The van der Waals surface area contributed by atoms with E-state index in [0.29, 0.717) is 31.8 Å². The van der Waals surface area contributed by atoms with Crippen molar-refractivity contribution in [3.63, 3.8) is 0 Å². The molecular weight excluding hydrogens is 431 g/mol. The van der Waals surface area contributed by atoms with Crippen LogP contribution in [0.4, 0.5) is 4.39 Å². The number of aryl methyl sites for hydroxylation is 1. The molecule has 1 aliphatic heterocycles. The Bertz CT molecular complexity index is 1220. The van der Waals surface area contributed by atoms with Crippen molar-refractivity contribution in [1.82, 2.24) is 8.87 Å². The average molecular weight is 461 g/mol. The van der Waals surface area contributed by atoms with E-state index in [9.17, 15) is 12.8 Å². The van der Waals surface area contributed by atoms with E-state index in [1.807, 2.05) is 31.5 Å². The van der Waals surface area contributed by atoms with E-state index in [1.165, 1.54) is 17.5 Å². The minimum absolute atomic E-state index is 0.0224. The summed E-state index contributed by atoms with van der Waals surface area (Å²) in [4.78, 5) is 0.258. The molecule has 6 nitrogen and oxygen atoms in total. The predicted molar refractivity (Wildman–Crippen MR) is 122 cm³/mol. The second-order valence-corrected chi connectivity index (χ2v) is 10.3. The van der Waals surface area contributed by atoms with Gasteiger partial charge in [-0.2, -0.15) is 4.31 Å². The van der Waals surface area contributed by atoms with Crippen molar-refractivity contribution in [2.24, 2.45) is 0 Å². The maximum atomic E-state index is 14.3. The van der Waals surface area contributed by atoms with Crippen LogP contribution in [0.25, 0.3) is 10.9 Å². The lowest BCUT2D eigenvalue weighted by molar-refractivity contribution is 0.242. The highest BCUT2D eigenvalue weighted by molar-refractivity contribution is 7.89. The summed E-state index contributed by atoms with van der Waals surface area (Å²) in [5, 5.41) is 0.907. The zero-order valence-corrected chi connectivity index (χ0v) is 19.7. The monoisotopic (exact) mass is 460 g/mol. The van der Waals surface area contributed by atoms with Crippen molar-refractivity contribution in [3.8, 4) is 11.5 Å². The fourth-order valence-electron chi connectivity index (χ4n) is 4.37. The van der Waals surface area contributed by atoms with E-state index in [0.717, 1.165) is 16.5 Å². The zero-order chi connectivity index (χ0) is 23.0. The van der Waals surface area contributed by atoms with Gasteiger partial charge < -0.3 is 14.0 Å². The highest BCUT2D eigenvalue weighted by Gasteiger charge is 2.34. The maximum absolute atomic E-state index is 14.3. The van der Waals surface area contributed by atoms with Gasteiger partial charge in [-0.25, -0.2) is 12.8 Å². The lowest BCUT2D eigenvalue weighted by atomic mass is 9.98. The van der Waals surface area contributed by atoms with Crippen LogP contribution in [0.2, 0.25) is 0 Å². The van der Waals surface area contributed by atoms with Crippen LogP contribution in [0, 0.1) is 5.82 Å². The number of halogens is 1. The Kier molecular flexibility index (Phi) is 6.18. The first-order chi connectivity index (χ1) is 15.2. The molecule has 1 fully saturated rings. The number of hydrogen-bond acceptors (Lipinski definition) is 4. The predicted octanol–water partition coefficient (Wildman–Crippen LogP) is 4.77. The number of aromatic nitrogens is 1. The fraction of sp³-hybridized carbons (Fsp3) is 0.417. The van der Waals surface area contributed by atoms with E-state index in [2.05, 4.69) is 0 Å². The maximum Gasteiger partial charge on any atom is 0.243 e. The first kappa shape index (κ1) is 22.6. The molecule has 32 heavy (non-hydrogen) atoms. The molecule has 1 aliphatic rings. The smallest absolute Gasteiger partial charge is 0.243 e. The molecule has 1 saturated heterocycles. The van der Waals surface area contributed by atoms with E-state index < -0.39 is 15.8 Å². The van der Waals surface area contributed by atoms with Crippen LogP contribution in [0.5, 0.6) is 11.5 Å². The van der Waals surface area contributed by atoms with Crippen LogP contribution < -0.4 is 9.47 Å². The summed E-state index contributed by atoms with van der Waals surface area (Å²) in [7, 11) is -2.16. The molecule has 0 bridgehead atoms. The van der Waals surface area contributed by atoms with Crippen molar-refractivity contribution < 1.29 is 22.3 Å². The Morgan fingerprint density at radius 2 is 1.91 bits per heavy atom. The van der Waals surface area contributed by atoms with E-state index in [1.54, 1.807) is 30.3 Å². The van der Waals surface area contributed by atoms with Crippen molar-refractivity contribution in [1.29, 1.82) is 0 Å². The standard InChI is InChI=1S/C24H29FN2O4S/c1-5-26-15-21(20-12-24(30-4)22(25)13-23(20)26)17-10-11-27(14-17)32(28,29)19-8-6-18(7-9-19)31-16(2)3/h6-9,12-13,15-17H,5,10-11,14H2,1-4H3. The summed E-state index contributed by atoms with van der Waals surface area (Å²) in [6.07, 6.45) is 2.74. The van der Waals surface area contributed by atoms with Gasteiger partial charge in [-0.3, -0.25) is 0 Å². The molecule has 2 aromatic carbocycles. The molecular formula is C24H29FN2O4S. The normalized spacial score (nSPS) is 17.4. The Balaban J connectivity index is 1.61. The van der Waals surface area contributed by atoms with Crippen LogP contribution in [0.15, 0.2) is 47.5 Å². The molecule has 172 valence electrons. The third-order valence-electron chi connectivity index (χ3n) is 5.95. The average Bonchev–Trinajstić information content (AvgIpc) is 3.38. The fourth-order valence-corrected chi connectivity index (χ4v) is 5.87. The van der Waals surface area contributed by atoms with Crippen molar-refractivity contribution in [2.75, 3.05) is 20.2 Å². The van der Waals surface area contributed by atoms with Gasteiger partial charge in [0.05, 0.1) is 23.6 Å².